The first-order valence-corrected chi connectivity index (χ1v) is 4.10. The van der Waals surface area contributed by atoms with Crippen LogP contribution < -0.4 is 5.73 Å². The van der Waals surface area contributed by atoms with Crippen molar-refractivity contribution in [3.8, 4) is 17.9 Å². The Bertz CT molecular complexity index is 492. The molecular weight excluding hydrogens is 195 g/mol. The van der Waals surface area contributed by atoms with Crippen LogP contribution in [0, 0.1) is 29.0 Å². The van der Waals surface area contributed by atoms with Crippen LogP contribution in [0.5, 0.6) is 0 Å². The van der Waals surface area contributed by atoms with E-state index in [0.717, 1.165) is 6.07 Å². The second-order valence-electron chi connectivity index (χ2n) is 2.75. The topological polar surface area (TPSA) is 66.9 Å². The SMILES string of the molecule is N#Cc1ccc(F)cc1C#CCC(N)=O. The van der Waals surface area contributed by atoms with Gasteiger partial charge < -0.3 is 5.73 Å². The summed E-state index contributed by atoms with van der Waals surface area (Å²) in [7, 11) is 0. The normalized spacial score (nSPS) is 8.53. The zero-order valence-corrected chi connectivity index (χ0v) is 7.75. The lowest BCUT2D eigenvalue weighted by atomic mass is 10.1. The third-order valence-electron chi connectivity index (χ3n) is 1.59. The lowest BCUT2D eigenvalue weighted by Gasteiger charge is -1.94. The second kappa shape index (κ2) is 4.78. The lowest BCUT2D eigenvalue weighted by molar-refractivity contribution is -0.117. The highest BCUT2D eigenvalue weighted by Gasteiger charge is 2.00. The molecule has 0 saturated carbocycles. The highest BCUT2D eigenvalue weighted by atomic mass is 19.1. The van der Waals surface area contributed by atoms with E-state index < -0.39 is 11.7 Å². The maximum atomic E-state index is 12.8. The molecule has 15 heavy (non-hydrogen) atoms. The van der Waals surface area contributed by atoms with E-state index in [2.05, 4.69) is 11.8 Å². The molecule has 0 heterocycles. The van der Waals surface area contributed by atoms with Crippen LogP contribution >= 0.6 is 0 Å². The molecule has 1 rings (SSSR count). The van der Waals surface area contributed by atoms with Crippen LogP contribution in [0.1, 0.15) is 17.5 Å². The fourth-order valence-electron chi connectivity index (χ4n) is 0.944. The van der Waals surface area contributed by atoms with Crippen LogP contribution in [0.3, 0.4) is 0 Å². The van der Waals surface area contributed by atoms with Crippen LogP contribution in [0.25, 0.3) is 0 Å². The van der Waals surface area contributed by atoms with Crippen molar-refractivity contribution in [2.24, 2.45) is 5.73 Å². The standard InChI is InChI=1S/C11H7FN2O/c12-10-5-4-9(7-13)8(6-10)2-1-3-11(14)15/h4-6H,3H2,(H2,14,15). The Labute approximate surface area is 86.3 Å². The molecule has 0 spiro atoms. The molecule has 4 heteroatoms. The Morgan fingerprint density at radius 1 is 1.47 bits per heavy atom. The maximum absolute atomic E-state index is 12.8. The van der Waals surface area contributed by atoms with E-state index in [4.69, 9.17) is 11.0 Å². The van der Waals surface area contributed by atoms with Crippen LogP contribution in [-0.2, 0) is 4.79 Å². The second-order valence-corrected chi connectivity index (χ2v) is 2.75. The van der Waals surface area contributed by atoms with Crippen molar-refractivity contribution in [2.45, 2.75) is 6.42 Å². The zero-order valence-electron chi connectivity index (χ0n) is 7.75. The molecule has 0 atom stereocenters. The fraction of sp³-hybridized carbons (Fsp3) is 0.0909. The quantitative estimate of drug-likeness (QED) is 0.688. The summed E-state index contributed by atoms with van der Waals surface area (Å²) in [6.07, 6.45) is -0.110. The van der Waals surface area contributed by atoms with Crippen molar-refractivity contribution in [3.05, 3.63) is 35.1 Å². The van der Waals surface area contributed by atoms with Gasteiger partial charge in [0, 0.05) is 5.56 Å². The Morgan fingerprint density at radius 2 is 2.20 bits per heavy atom. The molecule has 0 aliphatic heterocycles. The van der Waals surface area contributed by atoms with Gasteiger partial charge in [-0.05, 0) is 18.2 Å². The minimum atomic E-state index is -0.558. The van der Waals surface area contributed by atoms with Crippen molar-refractivity contribution < 1.29 is 9.18 Å². The maximum Gasteiger partial charge on any atom is 0.229 e. The van der Waals surface area contributed by atoms with Crippen molar-refractivity contribution in [2.75, 3.05) is 0 Å². The monoisotopic (exact) mass is 202 g/mol. The summed E-state index contributed by atoms with van der Waals surface area (Å²) >= 11 is 0. The van der Waals surface area contributed by atoms with Crippen molar-refractivity contribution >= 4 is 5.91 Å². The molecule has 74 valence electrons. The predicted octanol–water partition coefficient (Wildman–Crippen LogP) is 0.924. The van der Waals surface area contributed by atoms with E-state index >= 15 is 0 Å². The Hall–Kier alpha value is -2.33. The summed E-state index contributed by atoms with van der Waals surface area (Å²) < 4.78 is 12.8. The lowest BCUT2D eigenvalue weighted by Crippen LogP contribution is -2.08. The third-order valence-corrected chi connectivity index (χ3v) is 1.59. The van der Waals surface area contributed by atoms with Crippen LogP contribution in [-0.4, -0.2) is 5.91 Å². The number of carbonyl (C=O) groups excluding carboxylic acids is 1. The Kier molecular flexibility index (Phi) is 3.43. The molecule has 0 aliphatic carbocycles. The number of hydrogen-bond acceptors (Lipinski definition) is 2. The molecule has 0 aromatic heterocycles. The highest BCUT2D eigenvalue weighted by molar-refractivity contribution is 5.76. The summed E-state index contributed by atoms with van der Waals surface area (Å²) in [6, 6.07) is 5.54. The van der Waals surface area contributed by atoms with E-state index in [1.165, 1.54) is 12.1 Å². The highest BCUT2D eigenvalue weighted by Crippen LogP contribution is 2.08. The van der Waals surface area contributed by atoms with E-state index in [1.807, 2.05) is 6.07 Å². The number of rotatable bonds is 1. The molecular formula is C11H7FN2O. The number of nitriles is 1. The van der Waals surface area contributed by atoms with Gasteiger partial charge in [-0.3, -0.25) is 4.79 Å². The molecule has 1 amide bonds. The van der Waals surface area contributed by atoms with Gasteiger partial charge >= 0.3 is 0 Å². The Balaban J connectivity index is 3.01. The fourth-order valence-corrected chi connectivity index (χ4v) is 0.944. The summed E-state index contributed by atoms with van der Waals surface area (Å²) in [5, 5.41) is 8.69. The summed E-state index contributed by atoms with van der Waals surface area (Å²) in [5.41, 5.74) is 5.41. The predicted molar refractivity (Wildman–Crippen MR) is 51.8 cm³/mol. The summed E-state index contributed by atoms with van der Waals surface area (Å²) in [4.78, 5) is 10.4. The molecule has 0 aliphatic rings. The molecule has 0 unspecified atom stereocenters. The van der Waals surface area contributed by atoms with Crippen molar-refractivity contribution in [3.63, 3.8) is 0 Å². The van der Waals surface area contributed by atoms with Gasteiger partial charge in [0.1, 0.15) is 11.9 Å². The third kappa shape index (κ3) is 3.13. The number of nitrogens with two attached hydrogens (primary N) is 1. The van der Waals surface area contributed by atoms with Gasteiger partial charge in [-0.2, -0.15) is 5.26 Å². The van der Waals surface area contributed by atoms with E-state index in [1.54, 1.807) is 0 Å². The van der Waals surface area contributed by atoms with Crippen molar-refractivity contribution in [1.82, 2.24) is 0 Å². The van der Waals surface area contributed by atoms with E-state index in [9.17, 15) is 9.18 Å². The van der Waals surface area contributed by atoms with Gasteiger partial charge in [-0.1, -0.05) is 11.8 Å². The molecule has 0 fully saturated rings. The summed E-state index contributed by atoms with van der Waals surface area (Å²) in [6.45, 7) is 0. The smallest absolute Gasteiger partial charge is 0.229 e. The number of hydrogen-bond donors (Lipinski definition) is 1. The molecule has 0 saturated heterocycles. The van der Waals surface area contributed by atoms with Crippen molar-refractivity contribution in [1.29, 1.82) is 5.26 Å². The number of carbonyl (C=O) groups is 1. The molecule has 0 bridgehead atoms. The molecule has 1 aromatic carbocycles. The van der Waals surface area contributed by atoms with Gasteiger partial charge in [0.05, 0.1) is 12.0 Å². The van der Waals surface area contributed by atoms with Crippen LogP contribution in [0.15, 0.2) is 18.2 Å². The molecule has 3 nitrogen and oxygen atoms in total. The minimum absolute atomic E-state index is 0.110. The first-order chi connectivity index (χ1) is 7.13. The van der Waals surface area contributed by atoms with Gasteiger partial charge in [-0.25, -0.2) is 4.39 Å². The van der Waals surface area contributed by atoms with Gasteiger partial charge in [0.15, 0.2) is 0 Å². The number of amides is 1. The van der Waals surface area contributed by atoms with Gasteiger partial charge in [0.25, 0.3) is 0 Å². The Morgan fingerprint density at radius 3 is 2.80 bits per heavy atom. The van der Waals surface area contributed by atoms with Gasteiger partial charge in [-0.15, -0.1) is 0 Å². The first-order valence-electron chi connectivity index (χ1n) is 4.10. The van der Waals surface area contributed by atoms with E-state index in [0.29, 0.717) is 0 Å². The minimum Gasteiger partial charge on any atom is -0.369 e. The number of benzene rings is 1. The van der Waals surface area contributed by atoms with E-state index in [-0.39, 0.29) is 17.5 Å². The molecule has 0 radical (unpaired) electrons. The van der Waals surface area contributed by atoms with Crippen LogP contribution in [0.4, 0.5) is 4.39 Å². The number of primary amides is 1. The number of nitrogens with zero attached hydrogens (tertiary/aromatic N) is 1. The summed E-state index contributed by atoms with van der Waals surface area (Å²) in [5.74, 6) is 3.95. The molecule has 1 aromatic rings. The van der Waals surface area contributed by atoms with Gasteiger partial charge in [0.2, 0.25) is 5.91 Å². The first kappa shape index (κ1) is 10.7. The zero-order chi connectivity index (χ0) is 11.3. The number of halogens is 1. The van der Waals surface area contributed by atoms with Crippen LogP contribution in [0.2, 0.25) is 0 Å². The average Bonchev–Trinajstić information content (AvgIpc) is 2.17. The average molecular weight is 202 g/mol. The largest absolute Gasteiger partial charge is 0.369 e. The molecule has 2 N–H and O–H groups in total.